The number of rotatable bonds is 3. The van der Waals surface area contributed by atoms with E-state index in [9.17, 15) is 0 Å². The first-order valence-electron chi connectivity index (χ1n) is 4.40. The fraction of sp³-hybridized carbons (Fsp3) is 0.556. The summed E-state index contributed by atoms with van der Waals surface area (Å²) in [5.41, 5.74) is 6.46. The maximum Gasteiger partial charge on any atom is 0.130 e. The lowest BCUT2D eigenvalue weighted by Gasteiger charge is -2.12. The molecule has 3 N–H and O–H groups in total. The number of hydrogen-bond donors (Lipinski definition) is 2. The van der Waals surface area contributed by atoms with Gasteiger partial charge in [-0.15, -0.1) is 0 Å². The number of hydrogen-bond acceptors (Lipinski definition) is 4. The van der Waals surface area contributed by atoms with Gasteiger partial charge in [0, 0.05) is 24.3 Å². The molecule has 0 fully saturated rings. The molecule has 0 aliphatic rings. The Morgan fingerprint density at radius 2 is 2.15 bits per heavy atom. The van der Waals surface area contributed by atoms with Crippen LogP contribution >= 0.6 is 0 Å². The van der Waals surface area contributed by atoms with Crippen molar-refractivity contribution in [2.24, 2.45) is 5.73 Å². The third-order valence-electron chi connectivity index (χ3n) is 1.71. The first kappa shape index (κ1) is 9.92. The van der Waals surface area contributed by atoms with Crippen LogP contribution in [0, 0.1) is 13.8 Å². The zero-order chi connectivity index (χ0) is 9.84. The summed E-state index contributed by atoms with van der Waals surface area (Å²) in [5.74, 6) is 1.63. The van der Waals surface area contributed by atoms with Crippen LogP contribution in [0.25, 0.3) is 0 Å². The Hall–Kier alpha value is -1.16. The van der Waals surface area contributed by atoms with Crippen LogP contribution in [-0.4, -0.2) is 22.6 Å². The minimum atomic E-state index is 0.244. The molecule has 0 spiro atoms. The van der Waals surface area contributed by atoms with Gasteiger partial charge < -0.3 is 11.1 Å². The normalized spacial score (nSPS) is 12.6. The van der Waals surface area contributed by atoms with Gasteiger partial charge in [0.15, 0.2) is 0 Å². The highest BCUT2D eigenvalue weighted by Crippen LogP contribution is 2.06. The summed E-state index contributed by atoms with van der Waals surface area (Å²) in [4.78, 5) is 8.43. The van der Waals surface area contributed by atoms with Crippen molar-refractivity contribution in [3.05, 3.63) is 17.6 Å². The van der Waals surface area contributed by atoms with Crippen LogP contribution in [0.5, 0.6) is 0 Å². The van der Waals surface area contributed by atoms with Crippen LogP contribution < -0.4 is 11.1 Å². The van der Waals surface area contributed by atoms with E-state index in [4.69, 9.17) is 5.73 Å². The minimum Gasteiger partial charge on any atom is -0.366 e. The Labute approximate surface area is 78.6 Å². The van der Waals surface area contributed by atoms with Gasteiger partial charge in [-0.3, -0.25) is 0 Å². The highest BCUT2D eigenvalue weighted by atomic mass is 15.0. The predicted octanol–water partition coefficient (Wildman–Crippen LogP) is 0.853. The molecule has 1 rings (SSSR count). The van der Waals surface area contributed by atoms with Crippen molar-refractivity contribution in [2.45, 2.75) is 26.8 Å². The van der Waals surface area contributed by atoms with E-state index in [1.54, 1.807) is 0 Å². The smallest absolute Gasteiger partial charge is 0.130 e. The number of aromatic nitrogens is 2. The van der Waals surface area contributed by atoms with Crippen molar-refractivity contribution in [1.82, 2.24) is 9.97 Å². The molecule has 0 aliphatic carbocycles. The van der Waals surface area contributed by atoms with Gasteiger partial charge in [0.05, 0.1) is 0 Å². The van der Waals surface area contributed by atoms with Crippen molar-refractivity contribution in [3.8, 4) is 0 Å². The van der Waals surface area contributed by atoms with Gasteiger partial charge in [-0.1, -0.05) is 0 Å². The average molecular weight is 180 g/mol. The third kappa shape index (κ3) is 2.99. The van der Waals surface area contributed by atoms with E-state index >= 15 is 0 Å². The molecule has 0 aromatic carbocycles. The zero-order valence-corrected chi connectivity index (χ0v) is 8.33. The second-order valence-electron chi connectivity index (χ2n) is 3.22. The van der Waals surface area contributed by atoms with Crippen LogP contribution in [0.4, 0.5) is 5.82 Å². The van der Waals surface area contributed by atoms with Crippen LogP contribution in [0.3, 0.4) is 0 Å². The molecule has 0 bridgehead atoms. The Morgan fingerprint density at radius 3 is 2.69 bits per heavy atom. The van der Waals surface area contributed by atoms with E-state index in [1.807, 2.05) is 26.8 Å². The van der Waals surface area contributed by atoms with Crippen LogP contribution in [0.2, 0.25) is 0 Å². The van der Waals surface area contributed by atoms with E-state index in [-0.39, 0.29) is 6.04 Å². The fourth-order valence-electron chi connectivity index (χ4n) is 1.10. The topological polar surface area (TPSA) is 63.8 Å². The molecule has 1 heterocycles. The number of aryl methyl sites for hydroxylation is 2. The number of anilines is 1. The number of nitrogens with one attached hydrogen (secondary N) is 1. The van der Waals surface area contributed by atoms with Crippen LogP contribution in [0.1, 0.15) is 18.4 Å². The molecule has 1 aromatic rings. The Kier molecular flexibility index (Phi) is 3.19. The number of nitrogens with two attached hydrogens (primary N) is 1. The molecule has 0 amide bonds. The molecule has 1 atom stereocenters. The van der Waals surface area contributed by atoms with Crippen molar-refractivity contribution in [2.75, 3.05) is 11.9 Å². The first-order chi connectivity index (χ1) is 6.11. The van der Waals surface area contributed by atoms with Crippen molar-refractivity contribution < 1.29 is 0 Å². The molecule has 0 aliphatic heterocycles. The van der Waals surface area contributed by atoms with Crippen molar-refractivity contribution in [3.63, 3.8) is 0 Å². The summed E-state index contributed by atoms with van der Waals surface area (Å²) in [7, 11) is 0. The summed E-state index contributed by atoms with van der Waals surface area (Å²) >= 11 is 0. The van der Waals surface area contributed by atoms with Gasteiger partial charge in [0.25, 0.3) is 0 Å². The van der Waals surface area contributed by atoms with E-state index in [2.05, 4.69) is 15.3 Å². The molecular weight excluding hydrogens is 164 g/mol. The largest absolute Gasteiger partial charge is 0.366 e. The van der Waals surface area contributed by atoms with Crippen molar-refractivity contribution >= 4 is 5.82 Å². The van der Waals surface area contributed by atoms with Gasteiger partial charge in [0.2, 0.25) is 0 Å². The molecule has 4 heteroatoms. The highest BCUT2D eigenvalue weighted by Gasteiger charge is 2.01. The van der Waals surface area contributed by atoms with Gasteiger partial charge in [-0.25, -0.2) is 9.97 Å². The van der Waals surface area contributed by atoms with Gasteiger partial charge >= 0.3 is 0 Å². The van der Waals surface area contributed by atoms with Crippen LogP contribution in [0.15, 0.2) is 6.07 Å². The predicted molar refractivity (Wildman–Crippen MR) is 53.6 cm³/mol. The summed E-state index contributed by atoms with van der Waals surface area (Å²) < 4.78 is 0. The average Bonchev–Trinajstić information content (AvgIpc) is 2.02. The fourth-order valence-corrected chi connectivity index (χ4v) is 1.10. The molecule has 72 valence electrons. The van der Waals surface area contributed by atoms with E-state index in [1.165, 1.54) is 0 Å². The molecule has 1 unspecified atom stereocenters. The standard InChI is InChI=1S/C9H16N4/c1-6-4-9(12-7(2)5-10)13-8(3)11-6/h4,7H,5,10H2,1-3H3,(H,11,12,13). The Bertz CT molecular complexity index is 265. The maximum absolute atomic E-state index is 5.49. The van der Waals surface area contributed by atoms with E-state index in [0.29, 0.717) is 6.54 Å². The van der Waals surface area contributed by atoms with Gasteiger partial charge in [-0.2, -0.15) is 0 Å². The zero-order valence-electron chi connectivity index (χ0n) is 8.33. The lowest BCUT2D eigenvalue weighted by molar-refractivity contribution is 0.794. The van der Waals surface area contributed by atoms with Gasteiger partial charge in [0.1, 0.15) is 11.6 Å². The van der Waals surface area contributed by atoms with Crippen molar-refractivity contribution in [1.29, 1.82) is 0 Å². The Balaban J connectivity index is 2.77. The van der Waals surface area contributed by atoms with Crippen LogP contribution in [-0.2, 0) is 0 Å². The SMILES string of the molecule is Cc1cc(NC(C)CN)nc(C)n1. The minimum absolute atomic E-state index is 0.244. The number of nitrogens with zero attached hydrogens (tertiary/aromatic N) is 2. The molecule has 0 radical (unpaired) electrons. The Morgan fingerprint density at radius 1 is 1.46 bits per heavy atom. The lowest BCUT2D eigenvalue weighted by Crippen LogP contribution is -2.25. The third-order valence-corrected chi connectivity index (χ3v) is 1.71. The second-order valence-corrected chi connectivity index (χ2v) is 3.22. The van der Waals surface area contributed by atoms with Gasteiger partial charge in [-0.05, 0) is 20.8 Å². The lowest BCUT2D eigenvalue weighted by atomic mass is 10.3. The molecular formula is C9H16N4. The van der Waals surface area contributed by atoms with E-state index < -0.39 is 0 Å². The molecule has 0 saturated carbocycles. The quantitative estimate of drug-likeness (QED) is 0.724. The van der Waals surface area contributed by atoms with E-state index in [0.717, 1.165) is 17.3 Å². The highest BCUT2D eigenvalue weighted by molar-refractivity contribution is 5.36. The summed E-state index contributed by atoms with van der Waals surface area (Å²) in [5, 5.41) is 3.20. The molecule has 1 aromatic heterocycles. The maximum atomic E-state index is 5.49. The molecule has 13 heavy (non-hydrogen) atoms. The molecule has 4 nitrogen and oxygen atoms in total. The second kappa shape index (κ2) is 4.18. The first-order valence-corrected chi connectivity index (χ1v) is 4.40. The monoisotopic (exact) mass is 180 g/mol. The summed E-state index contributed by atoms with van der Waals surface area (Å²) in [6.45, 7) is 6.45. The molecule has 0 saturated heterocycles. The summed E-state index contributed by atoms with van der Waals surface area (Å²) in [6, 6.07) is 2.16. The summed E-state index contributed by atoms with van der Waals surface area (Å²) in [6.07, 6.45) is 0.